The topological polar surface area (TPSA) is 50.9 Å². The van der Waals surface area contributed by atoms with Crippen LogP contribution in [0, 0.1) is 12.0 Å². The van der Waals surface area contributed by atoms with Gasteiger partial charge in [0.15, 0.2) is 0 Å². The molecule has 3 saturated carbocycles. The zero-order valence-corrected chi connectivity index (χ0v) is 40.9. The number of hydrogen-bond acceptors (Lipinski definition) is 3. The van der Waals surface area contributed by atoms with Gasteiger partial charge in [-0.3, -0.25) is 9.55 Å². The minimum absolute atomic E-state index is 0. The molecule has 0 amide bonds. The molecule has 0 unspecified atom stereocenters. The van der Waals surface area contributed by atoms with Crippen LogP contribution in [-0.2, 0) is 42.7 Å². The van der Waals surface area contributed by atoms with Crippen LogP contribution in [0.2, 0.25) is 0 Å². The van der Waals surface area contributed by atoms with E-state index in [4.69, 9.17) is 9.97 Å². The second-order valence-corrected chi connectivity index (χ2v) is 21.5. The van der Waals surface area contributed by atoms with Gasteiger partial charge in [-0.2, -0.15) is 0 Å². The number of rotatable bonds is 7. The van der Waals surface area contributed by atoms with E-state index in [0.29, 0.717) is 5.75 Å². The Kier molecular flexibility index (Phi) is 10.8. The Hall–Kier alpha value is -5.57. The van der Waals surface area contributed by atoms with Gasteiger partial charge in [-0.25, -0.2) is 4.98 Å². The summed E-state index contributed by atoms with van der Waals surface area (Å²) in [7, 11) is 0. The van der Waals surface area contributed by atoms with Crippen LogP contribution in [0.1, 0.15) is 104 Å². The van der Waals surface area contributed by atoms with E-state index in [-0.39, 0.29) is 42.7 Å². The average Bonchev–Trinajstić information content (AvgIpc) is 3.62. The second kappa shape index (κ2) is 15.8. The molecule has 64 heavy (non-hydrogen) atoms. The number of nitrogens with zero attached hydrogens (tertiary/aromatic N) is 3. The summed E-state index contributed by atoms with van der Waals surface area (Å²) in [5.41, 5.74) is 16.3. The average molecular weight is 1020 g/mol. The minimum Gasteiger partial charge on any atom is -0.507 e. The molecule has 0 atom stereocenters. The standard InChI is InChI=1S/C59H58N3O.Pt/c1-56(2,3)43-23-24-51(47(31-43)39-19-14-11-15-20-39)62-52-22-16-21-46(53(52)61-55(62)48-32-45(58(7,8)9)33-49(54(48)63)59-34-37(35-59)36-59)41-27-42(29-44(28-41)57(4,5)6)50-30-40(25-26-60-50)38-17-12-10-13-18-38;/h10-26,28-33,37,63H,34-36H2,1-9H3;/q-1;. The zero-order valence-electron chi connectivity index (χ0n) is 38.6. The quantitative estimate of drug-likeness (QED) is 0.162. The summed E-state index contributed by atoms with van der Waals surface area (Å²) in [5.74, 6) is 1.87. The largest absolute Gasteiger partial charge is 0.507 e. The predicted molar refractivity (Wildman–Crippen MR) is 262 cm³/mol. The maximum Gasteiger partial charge on any atom is 0.148 e. The molecule has 326 valence electrons. The third-order valence-corrected chi connectivity index (χ3v) is 13.9. The summed E-state index contributed by atoms with van der Waals surface area (Å²) in [6.07, 6.45) is 5.34. The van der Waals surface area contributed by atoms with Crippen molar-refractivity contribution in [3.8, 4) is 67.5 Å². The number of imidazole rings is 1. The number of fused-ring (bicyclic) bond motifs is 1. The van der Waals surface area contributed by atoms with Crippen LogP contribution in [0.3, 0.4) is 0 Å². The van der Waals surface area contributed by atoms with Crippen LogP contribution in [0.25, 0.3) is 72.7 Å². The fourth-order valence-corrected chi connectivity index (χ4v) is 9.91. The predicted octanol–water partition coefficient (Wildman–Crippen LogP) is 15.2. The van der Waals surface area contributed by atoms with E-state index in [1.54, 1.807) is 0 Å². The van der Waals surface area contributed by atoms with Gasteiger partial charge in [0, 0.05) is 44.1 Å². The number of para-hydroxylation sites is 1. The first kappa shape index (κ1) is 43.7. The molecule has 2 bridgehead atoms. The Bertz CT molecular complexity index is 3030. The van der Waals surface area contributed by atoms with Crippen molar-refractivity contribution in [3.05, 3.63) is 168 Å². The van der Waals surface area contributed by atoms with E-state index in [1.807, 2.05) is 12.3 Å². The molecule has 2 aromatic heterocycles. The third kappa shape index (κ3) is 7.66. The first-order valence-electron chi connectivity index (χ1n) is 22.7. The molecule has 0 spiro atoms. The van der Waals surface area contributed by atoms with Crippen molar-refractivity contribution in [2.45, 2.75) is 103 Å². The van der Waals surface area contributed by atoms with E-state index in [0.717, 1.165) is 103 Å². The summed E-state index contributed by atoms with van der Waals surface area (Å²) in [6, 6.07) is 51.7. The summed E-state index contributed by atoms with van der Waals surface area (Å²) in [4.78, 5) is 10.6. The minimum atomic E-state index is -0.148. The number of aromatic nitrogens is 3. The fraction of sp³-hybridized carbons (Fsp3) is 0.288. The monoisotopic (exact) mass is 1020 g/mol. The Morgan fingerprint density at radius 1 is 0.578 bits per heavy atom. The van der Waals surface area contributed by atoms with Crippen LogP contribution in [0.5, 0.6) is 5.75 Å². The number of aromatic hydroxyl groups is 1. The smallest absolute Gasteiger partial charge is 0.148 e. The van der Waals surface area contributed by atoms with Crippen molar-refractivity contribution >= 4 is 11.0 Å². The Balaban J connectivity index is 0.00000518. The van der Waals surface area contributed by atoms with Gasteiger partial charge in [-0.1, -0.05) is 164 Å². The summed E-state index contributed by atoms with van der Waals surface area (Å²) in [6.45, 7) is 20.4. The zero-order chi connectivity index (χ0) is 44.1. The maximum atomic E-state index is 12.7. The van der Waals surface area contributed by atoms with Crippen molar-refractivity contribution in [2.75, 3.05) is 0 Å². The first-order valence-corrected chi connectivity index (χ1v) is 22.7. The number of hydrogen-bond donors (Lipinski definition) is 1. The van der Waals surface area contributed by atoms with Crippen molar-refractivity contribution in [1.29, 1.82) is 0 Å². The molecule has 8 aromatic rings. The first-order chi connectivity index (χ1) is 30.0. The third-order valence-electron chi connectivity index (χ3n) is 13.9. The van der Waals surface area contributed by atoms with Gasteiger partial charge in [0.1, 0.15) is 11.6 Å². The normalized spacial score (nSPS) is 17.1. The molecule has 3 aliphatic carbocycles. The van der Waals surface area contributed by atoms with Gasteiger partial charge in [-0.15, -0.1) is 29.3 Å². The molecule has 11 rings (SSSR count). The molecule has 3 fully saturated rings. The van der Waals surface area contributed by atoms with Gasteiger partial charge >= 0.3 is 0 Å². The van der Waals surface area contributed by atoms with Crippen LogP contribution in [0.4, 0.5) is 0 Å². The van der Waals surface area contributed by atoms with Crippen LogP contribution >= 0.6 is 0 Å². The fourth-order valence-electron chi connectivity index (χ4n) is 9.91. The maximum absolute atomic E-state index is 12.7. The molecule has 2 heterocycles. The molecule has 6 aromatic carbocycles. The SMILES string of the molecule is CC(C)(C)c1cc(-c2cc(-c3ccccc3)ccn2)[c-]c(-c2cccc3c2nc(-c2cc(C(C)(C)C)cc(C45CC(C4)C5)c2O)n3-c2ccc(C(C)(C)C)cc2-c2ccccc2)c1.[Pt]. The molecule has 3 aliphatic rings. The number of benzene rings is 6. The molecule has 1 N–H and O–H groups in total. The van der Waals surface area contributed by atoms with Crippen molar-refractivity contribution < 1.29 is 26.2 Å². The Morgan fingerprint density at radius 2 is 1.19 bits per heavy atom. The van der Waals surface area contributed by atoms with Gasteiger partial charge in [-0.05, 0) is 105 Å². The number of phenolic OH excluding ortho intramolecular Hbond substituents is 1. The van der Waals surface area contributed by atoms with E-state index >= 15 is 0 Å². The van der Waals surface area contributed by atoms with Crippen molar-refractivity contribution in [3.63, 3.8) is 0 Å². The number of pyridine rings is 1. The molecular formula is C59H58N3OPt-. The Morgan fingerprint density at radius 3 is 1.81 bits per heavy atom. The summed E-state index contributed by atoms with van der Waals surface area (Å²) in [5, 5.41) is 12.7. The van der Waals surface area contributed by atoms with E-state index in [1.165, 1.54) is 16.7 Å². The molecule has 4 nitrogen and oxygen atoms in total. The van der Waals surface area contributed by atoms with Gasteiger partial charge in [0.05, 0.1) is 22.3 Å². The van der Waals surface area contributed by atoms with Crippen molar-refractivity contribution in [2.24, 2.45) is 5.92 Å². The van der Waals surface area contributed by atoms with E-state index < -0.39 is 0 Å². The molecule has 0 aliphatic heterocycles. The van der Waals surface area contributed by atoms with Crippen LogP contribution in [0.15, 0.2) is 140 Å². The molecule has 5 heteroatoms. The van der Waals surface area contributed by atoms with Gasteiger partial charge in [0.2, 0.25) is 0 Å². The Labute approximate surface area is 394 Å². The molecule has 0 saturated heterocycles. The van der Waals surface area contributed by atoms with Crippen LogP contribution in [-0.4, -0.2) is 19.6 Å². The van der Waals surface area contributed by atoms with E-state index in [9.17, 15) is 5.11 Å². The van der Waals surface area contributed by atoms with Gasteiger partial charge in [0.25, 0.3) is 0 Å². The number of phenols is 1. The van der Waals surface area contributed by atoms with Gasteiger partial charge < -0.3 is 5.11 Å². The van der Waals surface area contributed by atoms with Crippen LogP contribution < -0.4 is 0 Å². The molecule has 0 radical (unpaired) electrons. The van der Waals surface area contributed by atoms with Crippen molar-refractivity contribution in [1.82, 2.24) is 14.5 Å². The summed E-state index contributed by atoms with van der Waals surface area (Å²) < 4.78 is 2.32. The summed E-state index contributed by atoms with van der Waals surface area (Å²) >= 11 is 0. The molecular weight excluding hydrogens is 962 g/mol. The second-order valence-electron chi connectivity index (χ2n) is 21.5. The van der Waals surface area contributed by atoms with E-state index in [2.05, 4.69) is 200 Å².